The van der Waals surface area contributed by atoms with Crippen molar-refractivity contribution >= 4 is 0 Å². The lowest BCUT2D eigenvalue weighted by atomic mass is 9.81. The predicted molar refractivity (Wildman–Crippen MR) is 137 cm³/mol. The summed E-state index contributed by atoms with van der Waals surface area (Å²) in [7, 11) is 0. The first-order chi connectivity index (χ1) is 16.8. The Balaban J connectivity index is 1.09. The molecule has 1 heterocycles. The van der Waals surface area contributed by atoms with E-state index >= 15 is 0 Å². The van der Waals surface area contributed by atoms with Gasteiger partial charge in [-0.25, -0.2) is 0 Å². The zero-order valence-electron chi connectivity index (χ0n) is 19.9. The molecule has 4 heteroatoms. The van der Waals surface area contributed by atoms with Crippen molar-refractivity contribution in [1.82, 2.24) is 9.80 Å². The highest BCUT2D eigenvalue weighted by Gasteiger charge is 2.30. The molecular weight excluding hydrogens is 420 g/mol. The minimum atomic E-state index is -0.329. The summed E-state index contributed by atoms with van der Waals surface area (Å²) in [5, 5.41) is 10.9. The van der Waals surface area contributed by atoms with Crippen LogP contribution in [0.5, 0.6) is 0 Å². The van der Waals surface area contributed by atoms with Crippen LogP contribution in [0.4, 0.5) is 0 Å². The monoisotopic (exact) mass is 456 g/mol. The predicted octanol–water partition coefficient (Wildman–Crippen LogP) is 4.71. The van der Waals surface area contributed by atoms with E-state index in [0.29, 0.717) is 12.5 Å². The number of ether oxygens (including phenoxy) is 1. The Morgan fingerprint density at radius 3 is 2.03 bits per heavy atom. The topological polar surface area (TPSA) is 35.9 Å². The molecule has 4 nitrogen and oxygen atoms in total. The van der Waals surface area contributed by atoms with Crippen LogP contribution in [0.2, 0.25) is 0 Å². The van der Waals surface area contributed by atoms with Crippen LogP contribution >= 0.6 is 0 Å². The molecule has 0 bridgehead atoms. The molecule has 0 aromatic heterocycles. The Morgan fingerprint density at radius 1 is 0.765 bits per heavy atom. The highest BCUT2D eigenvalue weighted by Crippen LogP contribution is 2.35. The number of aliphatic hydroxyl groups excluding tert-OH is 1. The molecule has 5 rings (SSSR count). The van der Waals surface area contributed by atoms with Gasteiger partial charge in [0, 0.05) is 45.2 Å². The van der Waals surface area contributed by atoms with Gasteiger partial charge in [-0.05, 0) is 35.1 Å². The fourth-order valence-corrected chi connectivity index (χ4v) is 5.46. The lowest BCUT2D eigenvalue weighted by Gasteiger charge is -2.39. The summed E-state index contributed by atoms with van der Waals surface area (Å²) in [6.07, 6.45) is 1.80. The Bertz CT molecular complexity index is 979. The van der Waals surface area contributed by atoms with Crippen LogP contribution < -0.4 is 0 Å². The quantitative estimate of drug-likeness (QED) is 0.533. The van der Waals surface area contributed by atoms with Gasteiger partial charge in [-0.15, -0.1) is 0 Å². The van der Waals surface area contributed by atoms with Gasteiger partial charge in [-0.3, -0.25) is 4.90 Å². The van der Waals surface area contributed by atoms with Gasteiger partial charge in [0.15, 0.2) is 0 Å². The van der Waals surface area contributed by atoms with E-state index in [1.54, 1.807) is 0 Å². The molecule has 178 valence electrons. The molecule has 3 aromatic rings. The number of hydrogen-bond acceptors (Lipinski definition) is 4. The first-order valence-corrected chi connectivity index (χ1v) is 12.7. The number of hydrogen-bond donors (Lipinski definition) is 1. The highest BCUT2D eigenvalue weighted by atomic mass is 16.5. The number of aryl methyl sites for hydroxylation is 1. The van der Waals surface area contributed by atoms with E-state index in [2.05, 4.69) is 88.7 Å². The smallest absolute Gasteiger partial charge is 0.108 e. The summed E-state index contributed by atoms with van der Waals surface area (Å²) < 4.78 is 6.42. The first kappa shape index (κ1) is 23.3. The van der Waals surface area contributed by atoms with Crippen LogP contribution in [-0.2, 0) is 11.2 Å². The van der Waals surface area contributed by atoms with E-state index in [0.717, 1.165) is 57.7 Å². The van der Waals surface area contributed by atoms with Crippen molar-refractivity contribution in [3.63, 3.8) is 0 Å². The van der Waals surface area contributed by atoms with Crippen LogP contribution in [-0.4, -0.2) is 60.8 Å². The number of piperazine rings is 1. The zero-order chi connectivity index (χ0) is 23.2. The molecule has 1 aliphatic carbocycles. The minimum Gasteiger partial charge on any atom is -0.388 e. The fraction of sp³-hybridized carbons (Fsp3) is 0.400. The maximum atomic E-state index is 10.9. The lowest BCUT2D eigenvalue weighted by Crippen LogP contribution is -2.49. The molecule has 1 aliphatic heterocycles. The molecule has 0 spiro atoms. The molecule has 1 N–H and O–H groups in total. The fourth-order valence-electron chi connectivity index (χ4n) is 5.46. The second-order valence-corrected chi connectivity index (χ2v) is 9.66. The Hall–Kier alpha value is -2.50. The van der Waals surface area contributed by atoms with Crippen molar-refractivity contribution in [3.8, 4) is 0 Å². The summed E-state index contributed by atoms with van der Waals surface area (Å²) in [4.78, 5) is 5.05. The normalized spacial score (nSPS) is 21.5. The van der Waals surface area contributed by atoms with Gasteiger partial charge in [0.2, 0.25) is 0 Å². The maximum absolute atomic E-state index is 10.9. The first-order valence-electron chi connectivity index (χ1n) is 12.7. The number of fused-ring (bicyclic) bond motifs is 1. The standard InChI is InChI=1S/C30H36N2O2/c33-29-27(16-15-24-9-7-8-14-28(24)29)23-32-19-17-31(18-20-32)21-22-34-30(25-10-3-1-4-11-25)26-12-5-2-6-13-26/h1-14,27,29-30,33H,15-23H2/t27-,29-/m0/s1. The van der Waals surface area contributed by atoms with Gasteiger partial charge in [-0.1, -0.05) is 84.9 Å². The van der Waals surface area contributed by atoms with Crippen LogP contribution in [0.3, 0.4) is 0 Å². The third-order valence-electron chi connectivity index (χ3n) is 7.46. The Morgan fingerprint density at radius 2 is 1.35 bits per heavy atom. The van der Waals surface area contributed by atoms with Gasteiger partial charge in [0.05, 0.1) is 12.7 Å². The summed E-state index contributed by atoms with van der Waals surface area (Å²) in [5.74, 6) is 0.335. The molecule has 3 aromatic carbocycles. The molecule has 0 unspecified atom stereocenters. The van der Waals surface area contributed by atoms with E-state index in [9.17, 15) is 5.11 Å². The lowest BCUT2D eigenvalue weighted by molar-refractivity contribution is 0.0286. The van der Waals surface area contributed by atoms with Crippen molar-refractivity contribution < 1.29 is 9.84 Å². The number of aliphatic hydroxyl groups is 1. The molecule has 0 radical (unpaired) electrons. The van der Waals surface area contributed by atoms with Gasteiger partial charge in [0.1, 0.15) is 6.10 Å². The van der Waals surface area contributed by atoms with Gasteiger partial charge >= 0.3 is 0 Å². The third kappa shape index (κ3) is 5.59. The van der Waals surface area contributed by atoms with Crippen molar-refractivity contribution in [3.05, 3.63) is 107 Å². The molecule has 0 saturated carbocycles. The molecule has 0 amide bonds. The SMILES string of the molecule is O[C@@H]1c2ccccc2CC[C@H]1CN1CCN(CCOC(c2ccccc2)c2ccccc2)CC1. The van der Waals surface area contributed by atoms with Crippen LogP contribution in [0.15, 0.2) is 84.9 Å². The van der Waals surface area contributed by atoms with Gasteiger partial charge < -0.3 is 14.7 Å². The second kappa shape index (κ2) is 11.3. The van der Waals surface area contributed by atoms with Crippen LogP contribution in [0.1, 0.15) is 40.9 Å². The second-order valence-electron chi connectivity index (χ2n) is 9.66. The number of nitrogens with zero attached hydrogens (tertiary/aromatic N) is 2. The van der Waals surface area contributed by atoms with Gasteiger partial charge in [0.25, 0.3) is 0 Å². The van der Waals surface area contributed by atoms with E-state index in [1.807, 2.05) is 6.07 Å². The third-order valence-corrected chi connectivity index (χ3v) is 7.46. The van der Waals surface area contributed by atoms with E-state index in [4.69, 9.17) is 4.74 Å². The van der Waals surface area contributed by atoms with Crippen molar-refractivity contribution in [1.29, 1.82) is 0 Å². The Labute approximate surface area is 203 Å². The van der Waals surface area contributed by atoms with Crippen molar-refractivity contribution in [2.45, 2.75) is 25.0 Å². The average Bonchev–Trinajstić information content (AvgIpc) is 2.90. The molecule has 34 heavy (non-hydrogen) atoms. The van der Waals surface area contributed by atoms with E-state index in [-0.39, 0.29) is 12.2 Å². The van der Waals surface area contributed by atoms with Crippen LogP contribution in [0.25, 0.3) is 0 Å². The van der Waals surface area contributed by atoms with Crippen LogP contribution in [0, 0.1) is 5.92 Å². The van der Waals surface area contributed by atoms with E-state index < -0.39 is 0 Å². The summed E-state index contributed by atoms with van der Waals surface area (Å²) in [6, 6.07) is 29.4. The summed E-state index contributed by atoms with van der Waals surface area (Å²) >= 11 is 0. The highest BCUT2D eigenvalue weighted by molar-refractivity contribution is 5.32. The molecule has 2 aliphatic rings. The maximum Gasteiger partial charge on any atom is 0.108 e. The van der Waals surface area contributed by atoms with Crippen molar-refractivity contribution in [2.75, 3.05) is 45.9 Å². The summed E-state index contributed by atoms with van der Waals surface area (Å²) in [6.45, 7) is 6.89. The summed E-state index contributed by atoms with van der Waals surface area (Å²) in [5.41, 5.74) is 4.86. The molecule has 1 fully saturated rings. The number of benzene rings is 3. The zero-order valence-corrected chi connectivity index (χ0v) is 19.9. The molecule has 1 saturated heterocycles. The molecular formula is C30H36N2O2. The van der Waals surface area contributed by atoms with Gasteiger partial charge in [-0.2, -0.15) is 0 Å². The Kier molecular flexibility index (Phi) is 7.72. The average molecular weight is 457 g/mol. The van der Waals surface area contributed by atoms with Crippen molar-refractivity contribution in [2.24, 2.45) is 5.92 Å². The van der Waals surface area contributed by atoms with E-state index in [1.165, 1.54) is 16.7 Å². The largest absolute Gasteiger partial charge is 0.388 e. The molecule has 2 atom stereocenters. The minimum absolute atomic E-state index is 0.0284. The number of rotatable bonds is 8.